The Labute approximate surface area is 214 Å². The Bertz CT molecular complexity index is 1350. The molecule has 3 heterocycles. The molecule has 200 valence electrons. The lowest BCUT2D eigenvalue weighted by Crippen LogP contribution is -2.54. The van der Waals surface area contributed by atoms with E-state index in [-0.39, 0.29) is 36.4 Å². The van der Waals surface area contributed by atoms with Gasteiger partial charge in [0.2, 0.25) is 5.91 Å². The summed E-state index contributed by atoms with van der Waals surface area (Å²) in [6.45, 7) is 2.09. The highest BCUT2D eigenvalue weighted by Crippen LogP contribution is 2.30. The molecule has 1 fully saturated rings. The summed E-state index contributed by atoms with van der Waals surface area (Å²) in [5, 5.41) is 8.38. The maximum absolute atomic E-state index is 12.9. The third kappa shape index (κ3) is 5.08. The predicted octanol–water partition coefficient (Wildman–Crippen LogP) is 3.24. The van der Waals surface area contributed by atoms with Gasteiger partial charge in [-0.25, -0.2) is 4.79 Å². The number of aromatic nitrogens is 1. The van der Waals surface area contributed by atoms with Crippen molar-refractivity contribution in [3.8, 4) is 0 Å². The second-order valence-corrected chi connectivity index (χ2v) is 8.97. The Balaban J connectivity index is 1.17. The van der Waals surface area contributed by atoms with Gasteiger partial charge in [0.05, 0.1) is 16.6 Å². The van der Waals surface area contributed by atoms with Gasteiger partial charge >= 0.3 is 12.1 Å². The molecule has 13 heteroatoms. The van der Waals surface area contributed by atoms with Crippen LogP contribution in [0.5, 0.6) is 0 Å². The summed E-state index contributed by atoms with van der Waals surface area (Å²) in [5.41, 5.74) is 0.808. The molecule has 10 nitrogen and oxygen atoms in total. The van der Waals surface area contributed by atoms with Crippen LogP contribution in [-0.4, -0.2) is 66.4 Å². The lowest BCUT2D eigenvalue weighted by atomic mass is 10.1. The first kappa shape index (κ1) is 25.4. The minimum atomic E-state index is -5.21. The Morgan fingerprint density at radius 1 is 1.05 bits per heavy atom. The van der Waals surface area contributed by atoms with Gasteiger partial charge in [-0.15, -0.1) is 0 Å². The van der Waals surface area contributed by atoms with Crippen LogP contribution in [0.4, 0.5) is 24.7 Å². The van der Waals surface area contributed by atoms with Gasteiger partial charge in [-0.05, 0) is 37.1 Å². The Kier molecular flexibility index (Phi) is 6.83. The normalized spacial score (nSPS) is 17.8. The van der Waals surface area contributed by atoms with Crippen LogP contribution in [0.1, 0.15) is 29.6 Å². The van der Waals surface area contributed by atoms with Gasteiger partial charge in [-0.3, -0.25) is 9.59 Å². The smallest absolute Gasteiger partial charge is 0.354 e. The summed E-state index contributed by atoms with van der Waals surface area (Å²) in [5.74, 6) is -2.29. The molecule has 2 aliphatic rings. The summed E-state index contributed by atoms with van der Waals surface area (Å²) in [4.78, 5) is 45.3. The van der Waals surface area contributed by atoms with E-state index in [1.54, 1.807) is 11.0 Å². The van der Waals surface area contributed by atoms with Crippen molar-refractivity contribution >= 4 is 40.3 Å². The molecule has 5 rings (SSSR count). The number of nitrogens with zero attached hydrogens (tertiary/aromatic N) is 4. The van der Waals surface area contributed by atoms with Crippen molar-refractivity contribution in [3.63, 3.8) is 0 Å². The number of hydrogen-bond acceptors (Lipinski definition) is 8. The molecule has 0 bridgehead atoms. The fourth-order valence-corrected chi connectivity index (χ4v) is 4.63. The number of carbonyl (C=O) groups excluding carboxylic acids is 3. The number of anilines is 2. The van der Waals surface area contributed by atoms with Crippen molar-refractivity contribution in [1.82, 2.24) is 15.4 Å². The quantitative estimate of drug-likeness (QED) is 0.517. The van der Waals surface area contributed by atoms with Gasteiger partial charge in [0, 0.05) is 32.6 Å². The molecular formula is C25H24F3N5O5. The first-order valence-corrected chi connectivity index (χ1v) is 12.1. The van der Waals surface area contributed by atoms with Gasteiger partial charge in [-0.2, -0.15) is 18.2 Å². The third-order valence-electron chi connectivity index (χ3n) is 6.54. The number of para-hydroxylation sites is 2. The highest BCUT2D eigenvalue weighted by Gasteiger charge is 2.45. The number of fused-ring (bicyclic) bond motifs is 2. The molecule has 0 radical (unpaired) electrons. The van der Waals surface area contributed by atoms with Crippen LogP contribution in [0.3, 0.4) is 0 Å². The number of piperazine rings is 1. The van der Waals surface area contributed by atoms with Crippen LogP contribution in [0.15, 0.2) is 53.1 Å². The number of benzene rings is 2. The van der Waals surface area contributed by atoms with Crippen LogP contribution in [-0.2, 0) is 14.4 Å². The lowest BCUT2D eigenvalue weighted by Gasteiger charge is -2.37. The van der Waals surface area contributed by atoms with Crippen LogP contribution in [0, 0.1) is 0 Å². The summed E-state index contributed by atoms with van der Waals surface area (Å²) >= 11 is 0. The second kappa shape index (κ2) is 10.2. The van der Waals surface area contributed by atoms with Gasteiger partial charge in [0.25, 0.3) is 5.91 Å². The molecule has 2 amide bonds. The van der Waals surface area contributed by atoms with Gasteiger partial charge in [0.15, 0.2) is 11.4 Å². The van der Waals surface area contributed by atoms with E-state index in [1.165, 1.54) is 18.2 Å². The second-order valence-electron chi connectivity index (χ2n) is 8.97. The van der Waals surface area contributed by atoms with Crippen LogP contribution < -0.4 is 15.3 Å². The zero-order valence-electron chi connectivity index (χ0n) is 20.1. The van der Waals surface area contributed by atoms with Crippen LogP contribution >= 0.6 is 0 Å². The lowest BCUT2D eigenvalue weighted by molar-refractivity contribution is -0.202. The maximum Gasteiger partial charge on any atom is 0.493 e. The Morgan fingerprint density at radius 3 is 2.53 bits per heavy atom. The summed E-state index contributed by atoms with van der Waals surface area (Å²) in [6.07, 6.45) is -5.82. The monoisotopic (exact) mass is 531 g/mol. The SMILES string of the molecule is O=C1NC(CCCC(=O)N2CCN(c3noc4ccccc34)CC2)N(OC(=O)C(F)(F)F)c2ccccc21. The van der Waals surface area contributed by atoms with E-state index in [0.29, 0.717) is 31.8 Å². The van der Waals surface area contributed by atoms with Crippen LogP contribution in [0.2, 0.25) is 0 Å². The molecule has 2 aromatic carbocycles. The number of rotatable bonds is 6. The van der Waals surface area contributed by atoms with Crippen molar-refractivity contribution in [2.75, 3.05) is 36.1 Å². The number of hydroxylamine groups is 1. The van der Waals surface area contributed by atoms with Crippen molar-refractivity contribution in [2.45, 2.75) is 31.6 Å². The Morgan fingerprint density at radius 2 is 1.76 bits per heavy atom. The highest BCUT2D eigenvalue weighted by molar-refractivity contribution is 6.02. The maximum atomic E-state index is 12.9. The molecule has 1 saturated heterocycles. The number of halogens is 3. The van der Waals surface area contributed by atoms with Gasteiger partial charge < -0.3 is 24.5 Å². The van der Waals surface area contributed by atoms with Gasteiger partial charge in [0.1, 0.15) is 6.17 Å². The van der Waals surface area contributed by atoms with E-state index in [1.807, 2.05) is 24.3 Å². The largest absolute Gasteiger partial charge is 0.493 e. The summed E-state index contributed by atoms with van der Waals surface area (Å²) in [7, 11) is 0. The predicted molar refractivity (Wildman–Crippen MR) is 129 cm³/mol. The number of alkyl halides is 3. The zero-order chi connectivity index (χ0) is 26.9. The van der Waals surface area contributed by atoms with Gasteiger partial charge in [-0.1, -0.05) is 29.4 Å². The molecule has 1 aromatic heterocycles. The molecular weight excluding hydrogens is 507 g/mol. The minimum Gasteiger partial charge on any atom is -0.354 e. The van der Waals surface area contributed by atoms with Crippen LogP contribution in [0.25, 0.3) is 11.0 Å². The molecule has 3 aromatic rings. The summed E-state index contributed by atoms with van der Waals surface area (Å²) in [6, 6.07) is 13.4. The molecule has 1 atom stereocenters. The van der Waals surface area contributed by atoms with E-state index in [0.717, 1.165) is 16.3 Å². The number of nitrogens with one attached hydrogen (secondary N) is 1. The average Bonchev–Trinajstić information content (AvgIpc) is 3.34. The van der Waals surface area contributed by atoms with E-state index >= 15 is 0 Å². The molecule has 2 aliphatic heterocycles. The fourth-order valence-electron chi connectivity index (χ4n) is 4.63. The van der Waals surface area contributed by atoms with Crippen molar-refractivity contribution < 1.29 is 36.9 Å². The van der Waals surface area contributed by atoms with Crippen molar-refractivity contribution in [2.24, 2.45) is 0 Å². The van der Waals surface area contributed by atoms with E-state index in [2.05, 4.69) is 20.2 Å². The molecule has 0 saturated carbocycles. The molecule has 0 spiro atoms. The van der Waals surface area contributed by atoms with E-state index in [4.69, 9.17) is 4.52 Å². The number of carbonyl (C=O) groups is 3. The van der Waals surface area contributed by atoms with E-state index in [9.17, 15) is 27.6 Å². The molecule has 0 aliphatic carbocycles. The number of hydrogen-bond donors (Lipinski definition) is 1. The molecule has 1 unspecified atom stereocenters. The first-order chi connectivity index (χ1) is 18.2. The third-order valence-corrected chi connectivity index (χ3v) is 6.54. The Hall–Kier alpha value is -4.29. The van der Waals surface area contributed by atoms with Crippen molar-refractivity contribution in [3.05, 3.63) is 54.1 Å². The summed E-state index contributed by atoms with van der Waals surface area (Å²) < 4.78 is 44.0. The zero-order valence-corrected chi connectivity index (χ0v) is 20.1. The fraction of sp³-hybridized carbons (Fsp3) is 0.360. The first-order valence-electron chi connectivity index (χ1n) is 12.1. The van der Waals surface area contributed by atoms with Crippen molar-refractivity contribution in [1.29, 1.82) is 0 Å². The minimum absolute atomic E-state index is 0.0432. The van der Waals surface area contributed by atoms with E-state index < -0.39 is 24.2 Å². The average molecular weight is 531 g/mol. The number of amides is 2. The topological polar surface area (TPSA) is 108 Å². The molecule has 1 N–H and O–H groups in total. The highest BCUT2D eigenvalue weighted by atomic mass is 19.4. The molecule has 38 heavy (non-hydrogen) atoms. The standard InChI is InChI=1S/C25H24F3N5O5/c26-25(27,28)24(36)38-33-18-8-3-1-6-16(18)23(35)29-20(33)10-5-11-21(34)31-12-14-32(15-13-31)22-17-7-2-4-9-19(17)37-30-22/h1-4,6-9,20H,5,10-15H2,(H,29,35).